The van der Waals surface area contributed by atoms with Gasteiger partial charge in [-0.2, -0.15) is 0 Å². The predicted octanol–water partition coefficient (Wildman–Crippen LogP) is 2.04. The van der Waals surface area contributed by atoms with Crippen LogP contribution in [0, 0.1) is 0 Å². The average Bonchev–Trinajstić information content (AvgIpc) is 2.74. The molecule has 0 saturated carbocycles. The molecule has 0 aliphatic carbocycles. The Kier molecular flexibility index (Phi) is 6.18. The maximum absolute atomic E-state index is 12.6. The van der Waals surface area contributed by atoms with Crippen LogP contribution in [0.3, 0.4) is 0 Å². The Morgan fingerprint density at radius 1 is 1.21 bits per heavy atom. The summed E-state index contributed by atoms with van der Waals surface area (Å²) in [5.41, 5.74) is 2.61. The number of pyridine rings is 2. The summed E-state index contributed by atoms with van der Waals surface area (Å²) in [7, 11) is 0. The van der Waals surface area contributed by atoms with Crippen LogP contribution in [0.25, 0.3) is 10.9 Å². The lowest BCUT2D eigenvalue weighted by Gasteiger charge is -2.38. The van der Waals surface area contributed by atoms with Crippen LogP contribution < -0.4 is 16.2 Å². The third-order valence-corrected chi connectivity index (χ3v) is 6.69. The van der Waals surface area contributed by atoms with E-state index in [0.29, 0.717) is 17.3 Å². The highest BCUT2D eigenvalue weighted by atomic mass is 16.3. The second-order valence-corrected chi connectivity index (χ2v) is 8.63. The third kappa shape index (κ3) is 4.47. The zero-order valence-corrected chi connectivity index (χ0v) is 17.4. The van der Waals surface area contributed by atoms with E-state index in [4.69, 9.17) is 4.98 Å². The first-order chi connectivity index (χ1) is 14.0. The standard InChI is InChI=1S/C22H33N5O2/c1-14(15(2)27-11-6-17(28)7-12-27)25-20-13-19(16-3-8-23-9-4-16)26-18-5-10-24-22(29)21(18)20/h5,10,13-17,23,28H,3-4,6-9,11-12H2,1-2H3,(H,24,29)(H,25,26)/t14?,15-/m0/s1. The highest BCUT2D eigenvalue weighted by Gasteiger charge is 2.26. The molecule has 2 aromatic heterocycles. The number of aromatic nitrogens is 2. The second kappa shape index (κ2) is 8.81. The summed E-state index contributed by atoms with van der Waals surface area (Å²) in [6.07, 6.45) is 5.31. The molecule has 2 atom stereocenters. The van der Waals surface area contributed by atoms with E-state index in [1.54, 1.807) is 6.20 Å². The fourth-order valence-corrected chi connectivity index (χ4v) is 4.63. The van der Waals surface area contributed by atoms with Crippen LogP contribution in [0.1, 0.15) is 51.1 Å². The smallest absolute Gasteiger partial charge is 0.259 e. The largest absolute Gasteiger partial charge is 0.393 e. The van der Waals surface area contributed by atoms with E-state index in [0.717, 1.165) is 68.8 Å². The van der Waals surface area contributed by atoms with Gasteiger partial charge in [0.25, 0.3) is 5.56 Å². The number of piperidine rings is 2. The van der Waals surface area contributed by atoms with Crippen LogP contribution in [-0.2, 0) is 0 Å². The minimum Gasteiger partial charge on any atom is -0.393 e. The molecule has 4 N–H and O–H groups in total. The Morgan fingerprint density at radius 2 is 1.93 bits per heavy atom. The number of hydrogen-bond donors (Lipinski definition) is 4. The van der Waals surface area contributed by atoms with Gasteiger partial charge in [0.2, 0.25) is 0 Å². The van der Waals surface area contributed by atoms with Crippen molar-refractivity contribution in [2.24, 2.45) is 0 Å². The number of H-pyrrole nitrogens is 1. The fraction of sp³-hybridized carbons (Fsp3) is 0.636. The van der Waals surface area contributed by atoms with E-state index in [9.17, 15) is 9.90 Å². The van der Waals surface area contributed by atoms with E-state index in [1.807, 2.05) is 6.07 Å². The lowest BCUT2D eigenvalue weighted by atomic mass is 9.93. The van der Waals surface area contributed by atoms with Gasteiger partial charge < -0.3 is 20.7 Å². The van der Waals surface area contributed by atoms with Crippen molar-refractivity contribution in [2.75, 3.05) is 31.5 Å². The molecule has 0 bridgehead atoms. The zero-order chi connectivity index (χ0) is 20.4. The molecule has 0 aromatic carbocycles. The Morgan fingerprint density at radius 3 is 2.66 bits per heavy atom. The normalized spacial score (nSPS) is 21.9. The minimum atomic E-state index is -0.169. The van der Waals surface area contributed by atoms with Crippen LogP contribution in [0.4, 0.5) is 5.69 Å². The predicted molar refractivity (Wildman–Crippen MR) is 117 cm³/mol. The summed E-state index contributed by atoms with van der Waals surface area (Å²) in [6, 6.07) is 4.45. The molecule has 29 heavy (non-hydrogen) atoms. The lowest BCUT2D eigenvalue weighted by Crippen LogP contribution is -2.48. The molecule has 0 amide bonds. The van der Waals surface area contributed by atoms with Gasteiger partial charge in [0.15, 0.2) is 0 Å². The van der Waals surface area contributed by atoms with Gasteiger partial charge in [-0.15, -0.1) is 0 Å². The van der Waals surface area contributed by atoms with Crippen molar-refractivity contribution in [3.05, 3.63) is 34.4 Å². The van der Waals surface area contributed by atoms with Gasteiger partial charge in [-0.1, -0.05) is 0 Å². The van der Waals surface area contributed by atoms with Crippen molar-refractivity contribution in [1.82, 2.24) is 20.2 Å². The molecular formula is C22H33N5O2. The van der Waals surface area contributed by atoms with Crippen molar-refractivity contribution >= 4 is 16.6 Å². The monoisotopic (exact) mass is 399 g/mol. The number of likely N-dealkylation sites (tertiary alicyclic amines) is 1. The summed E-state index contributed by atoms with van der Waals surface area (Å²) in [5, 5.41) is 17.5. The molecule has 1 unspecified atom stereocenters. The first-order valence-corrected chi connectivity index (χ1v) is 10.9. The lowest BCUT2D eigenvalue weighted by molar-refractivity contribution is 0.0614. The summed E-state index contributed by atoms with van der Waals surface area (Å²) >= 11 is 0. The van der Waals surface area contributed by atoms with Gasteiger partial charge in [-0.05, 0) is 64.8 Å². The topological polar surface area (TPSA) is 93.3 Å². The number of nitrogens with zero attached hydrogens (tertiary/aromatic N) is 2. The van der Waals surface area contributed by atoms with Crippen LogP contribution in [0.5, 0.6) is 0 Å². The molecular weight excluding hydrogens is 366 g/mol. The zero-order valence-electron chi connectivity index (χ0n) is 17.4. The molecule has 0 spiro atoms. The summed E-state index contributed by atoms with van der Waals surface area (Å²) < 4.78 is 0. The van der Waals surface area contributed by atoms with Gasteiger partial charge in [-0.25, -0.2) is 0 Å². The molecule has 2 saturated heterocycles. The maximum Gasteiger partial charge on any atom is 0.259 e. The van der Waals surface area contributed by atoms with Crippen LogP contribution in [0.15, 0.2) is 23.1 Å². The number of aliphatic hydroxyl groups excluding tert-OH is 1. The van der Waals surface area contributed by atoms with E-state index < -0.39 is 0 Å². The SMILES string of the molecule is CC(Nc1cc(C2CCNCC2)nc2cc[nH]c(=O)c12)[C@H](C)N1CCC(O)CC1. The van der Waals surface area contributed by atoms with Gasteiger partial charge in [0.1, 0.15) is 0 Å². The third-order valence-electron chi connectivity index (χ3n) is 6.69. The van der Waals surface area contributed by atoms with Crippen molar-refractivity contribution in [1.29, 1.82) is 0 Å². The van der Waals surface area contributed by atoms with Crippen molar-refractivity contribution in [3.8, 4) is 0 Å². The van der Waals surface area contributed by atoms with E-state index >= 15 is 0 Å². The number of hydrogen-bond acceptors (Lipinski definition) is 6. The molecule has 4 rings (SSSR count). The number of fused-ring (bicyclic) bond motifs is 1. The first-order valence-electron chi connectivity index (χ1n) is 10.9. The number of aliphatic hydroxyl groups is 1. The summed E-state index contributed by atoms with van der Waals surface area (Å²) in [4.78, 5) is 22.7. The van der Waals surface area contributed by atoms with E-state index in [2.05, 4.69) is 40.4 Å². The van der Waals surface area contributed by atoms with E-state index in [-0.39, 0.29) is 17.7 Å². The molecule has 2 aromatic rings. The minimum absolute atomic E-state index is 0.102. The van der Waals surface area contributed by atoms with E-state index in [1.165, 1.54) is 0 Å². The highest BCUT2D eigenvalue weighted by molar-refractivity contribution is 5.90. The molecule has 0 radical (unpaired) electrons. The van der Waals surface area contributed by atoms with Crippen molar-refractivity contribution in [2.45, 2.75) is 63.6 Å². The van der Waals surface area contributed by atoms with Gasteiger partial charge in [-0.3, -0.25) is 14.7 Å². The van der Waals surface area contributed by atoms with Crippen LogP contribution >= 0.6 is 0 Å². The van der Waals surface area contributed by atoms with Crippen LogP contribution in [0.2, 0.25) is 0 Å². The molecule has 2 fully saturated rings. The number of anilines is 1. The molecule has 2 aliphatic rings. The summed E-state index contributed by atoms with van der Waals surface area (Å²) in [5.74, 6) is 0.428. The quantitative estimate of drug-likeness (QED) is 0.615. The highest BCUT2D eigenvalue weighted by Crippen LogP contribution is 2.30. The van der Waals surface area contributed by atoms with Gasteiger partial charge in [0, 0.05) is 43.0 Å². The Hall–Kier alpha value is -1.96. The Bertz CT molecular complexity index is 884. The van der Waals surface area contributed by atoms with Crippen LogP contribution in [-0.4, -0.2) is 64.3 Å². The number of nitrogens with one attached hydrogen (secondary N) is 3. The Labute approximate surface area is 171 Å². The Balaban J connectivity index is 1.61. The average molecular weight is 400 g/mol. The second-order valence-electron chi connectivity index (χ2n) is 8.63. The molecule has 7 nitrogen and oxygen atoms in total. The fourth-order valence-electron chi connectivity index (χ4n) is 4.63. The van der Waals surface area contributed by atoms with Crippen molar-refractivity contribution < 1.29 is 5.11 Å². The molecule has 158 valence electrons. The number of rotatable bonds is 5. The molecule has 2 aliphatic heterocycles. The summed E-state index contributed by atoms with van der Waals surface area (Å²) in [6.45, 7) is 8.23. The van der Waals surface area contributed by atoms with Crippen molar-refractivity contribution in [3.63, 3.8) is 0 Å². The molecule has 4 heterocycles. The maximum atomic E-state index is 12.6. The van der Waals surface area contributed by atoms with Gasteiger partial charge in [0.05, 0.1) is 22.7 Å². The number of aromatic amines is 1. The first kappa shape index (κ1) is 20.3. The molecule has 7 heteroatoms. The van der Waals surface area contributed by atoms with Gasteiger partial charge >= 0.3 is 0 Å².